The lowest BCUT2D eigenvalue weighted by Gasteiger charge is -2.40. The van der Waals surface area contributed by atoms with E-state index in [2.05, 4.69) is 18.0 Å². The molecular formula is C45H40ClFN6O5. The van der Waals surface area contributed by atoms with Crippen molar-refractivity contribution >= 4 is 45.2 Å². The lowest BCUT2D eigenvalue weighted by Crippen LogP contribution is -2.55. The monoisotopic (exact) mass is 798 g/mol. The Hall–Kier alpha value is -6.16. The highest BCUT2D eigenvalue weighted by Gasteiger charge is 2.44. The lowest BCUT2D eigenvalue weighted by atomic mass is 9.95. The molecule has 1 aromatic heterocycles. The summed E-state index contributed by atoms with van der Waals surface area (Å²) >= 11 is 6.69. The Balaban J connectivity index is 1.25. The van der Waals surface area contributed by atoms with Gasteiger partial charge < -0.3 is 29.1 Å². The van der Waals surface area contributed by atoms with Crippen LogP contribution < -0.4 is 19.1 Å². The number of likely N-dealkylation sites (tertiary alicyclic amines) is 1. The van der Waals surface area contributed by atoms with E-state index in [9.17, 15) is 15.2 Å². The molecule has 0 radical (unpaired) electrons. The Morgan fingerprint density at radius 3 is 2.47 bits per heavy atom. The average Bonchev–Trinajstić information content (AvgIpc) is 3.78. The number of nitrogens with zero attached hydrogens (tertiary/aromatic N) is 6. The fraction of sp³-hybridized carbons (Fsp3) is 0.289. The Morgan fingerprint density at radius 2 is 1.72 bits per heavy atom. The molecule has 3 atom stereocenters. The summed E-state index contributed by atoms with van der Waals surface area (Å²) in [6, 6.07) is 29.5. The van der Waals surface area contributed by atoms with Crippen LogP contribution in [0.4, 0.5) is 15.0 Å². The van der Waals surface area contributed by atoms with E-state index in [1.807, 2.05) is 65.6 Å². The van der Waals surface area contributed by atoms with E-state index in [1.165, 1.54) is 4.90 Å². The van der Waals surface area contributed by atoms with Gasteiger partial charge in [-0.1, -0.05) is 72.3 Å². The van der Waals surface area contributed by atoms with Crippen LogP contribution in [-0.2, 0) is 6.61 Å². The zero-order valence-electron chi connectivity index (χ0n) is 31.8. The number of rotatable bonds is 10. The number of amides is 1. The van der Waals surface area contributed by atoms with Gasteiger partial charge >= 0.3 is 12.1 Å². The van der Waals surface area contributed by atoms with Gasteiger partial charge in [0.25, 0.3) is 0 Å². The molecule has 3 fully saturated rings. The predicted molar refractivity (Wildman–Crippen MR) is 219 cm³/mol. The lowest BCUT2D eigenvalue weighted by molar-refractivity contribution is 0.114. The number of hydrogen-bond acceptors (Lipinski definition) is 9. The smallest absolute Gasteiger partial charge is 0.407 e. The second-order valence-electron chi connectivity index (χ2n) is 15.2. The second-order valence-corrected chi connectivity index (χ2v) is 15.6. The van der Waals surface area contributed by atoms with Gasteiger partial charge in [0.05, 0.1) is 28.2 Å². The molecule has 294 valence electrons. The highest BCUT2D eigenvalue weighted by atomic mass is 35.5. The Morgan fingerprint density at radius 1 is 0.948 bits per heavy atom. The maximum atomic E-state index is 18.1. The minimum atomic E-state index is -0.953. The number of halogens is 2. The van der Waals surface area contributed by atoms with Gasteiger partial charge in [-0.25, -0.2) is 9.18 Å². The zero-order chi connectivity index (χ0) is 39.9. The summed E-state index contributed by atoms with van der Waals surface area (Å²) in [7, 11) is 2.05. The third kappa shape index (κ3) is 7.05. The fourth-order valence-corrected chi connectivity index (χ4v) is 8.89. The van der Waals surface area contributed by atoms with Crippen LogP contribution in [0.2, 0.25) is 5.02 Å². The Kier molecular flexibility index (Phi) is 10.1. The molecule has 6 aromatic rings. The number of aromatic nitrogens is 2. The summed E-state index contributed by atoms with van der Waals surface area (Å²) < 4.78 is 37.3. The van der Waals surface area contributed by atoms with Crippen LogP contribution in [0.25, 0.3) is 32.8 Å². The van der Waals surface area contributed by atoms with E-state index in [4.69, 9.17) is 35.8 Å². The minimum Gasteiger partial charge on any atom is -0.489 e. The largest absolute Gasteiger partial charge is 0.489 e. The minimum absolute atomic E-state index is 0.00879. The first-order valence-corrected chi connectivity index (χ1v) is 19.8. The van der Waals surface area contributed by atoms with Crippen LogP contribution in [0.3, 0.4) is 0 Å². The number of carbonyl (C=O) groups is 1. The van der Waals surface area contributed by atoms with Crippen molar-refractivity contribution in [3.05, 3.63) is 113 Å². The molecule has 11 nitrogen and oxygen atoms in total. The molecule has 2 bridgehead atoms. The molecule has 5 aromatic carbocycles. The summed E-state index contributed by atoms with van der Waals surface area (Å²) in [5.74, 6) is 0.378. The normalized spacial score (nSPS) is 19.1. The van der Waals surface area contributed by atoms with E-state index in [1.54, 1.807) is 30.3 Å². The molecule has 1 N–H and O–H groups in total. The van der Waals surface area contributed by atoms with E-state index in [0.29, 0.717) is 55.1 Å². The van der Waals surface area contributed by atoms with Crippen LogP contribution >= 0.6 is 11.6 Å². The summed E-state index contributed by atoms with van der Waals surface area (Å²) in [4.78, 5) is 27.7. The molecule has 0 aliphatic carbocycles. The first-order valence-electron chi connectivity index (χ1n) is 19.5. The molecule has 9 rings (SSSR count). The summed E-state index contributed by atoms with van der Waals surface area (Å²) in [5, 5.41) is 22.2. The number of fused-ring (bicyclic) bond motifs is 4. The van der Waals surface area contributed by atoms with Crippen LogP contribution in [-0.4, -0.2) is 82.4 Å². The number of likely N-dealkylation sites (N-methyl/N-ethyl adjacent to an activating group) is 1. The van der Waals surface area contributed by atoms with Gasteiger partial charge in [-0.05, 0) is 91.5 Å². The topological polar surface area (TPSA) is 124 Å². The first-order chi connectivity index (χ1) is 28.2. The number of anilines is 1. The molecule has 0 unspecified atom stereocenters. The van der Waals surface area contributed by atoms with Gasteiger partial charge in [0.15, 0.2) is 11.6 Å². The zero-order valence-corrected chi connectivity index (χ0v) is 32.5. The van der Waals surface area contributed by atoms with Gasteiger partial charge in [-0.15, -0.1) is 0 Å². The molecule has 1 amide bonds. The maximum Gasteiger partial charge on any atom is 0.407 e. The Labute approximate surface area is 339 Å². The van der Waals surface area contributed by atoms with Crippen molar-refractivity contribution in [2.45, 2.75) is 50.4 Å². The number of piperazine rings is 1. The third-order valence-corrected chi connectivity index (χ3v) is 11.9. The van der Waals surface area contributed by atoms with E-state index in [-0.39, 0.29) is 63.9 Å². The van der Waals surface area contributed by atoms with Gasteiger partial charge in [-0.3, -0.25) is 4.90 Å². The van der Waals surface area contributed by atoms with Crippen molar-refractivity contribution < 1.29 is 28.5 Å². The van der Waals surface area contributed by atoms with Crippen LogP contribution in [0, 0.1) is 17.1 Å². The molecule has 0 saturated carbocycles. The SMILES string of the molecule is CN1CCC[C@H]1COc1nc(N2C[C@H]3CC[C@@H](C2)N3C(=O)O)c2cc(Oc3c(Cl)cccc3C#N)c(-c3cc(OCc4ccccc4)cc4ccccc34)c(F)c2n1. The number of para-hydroxylation sites is 1. The number of nitriles is 1. The van der Waals surface area contributed by atoms with Crippen molar-refractivity contribution in [2.75, 3.05) is 38.2 Å². The molecule has 3 aliphatic rings. The second kappa shape index (κ2) is 15.6. The summed E-state index contributed by atoms with van der Waals surface area (Å²) in [6.45, 7) is 2.28. The number of carboxylic acid groups (broad SMARTS) is 1. The van der Waals surface area contributed by atoms with Crippen molar-refractivity contribution in [3.63, 3.8) is 0 Å². The summed E-state index contributed by atoms with van der Waals surface area (Å²) in [5.41, 5.74) is 1.71. The van der Waals surface area contributed by atoms with Gasteiger partial charge in [0.1, 0.15) is 42.1 Å². The van der Waals surface area contributed by atoms with Crippen molar-refractivity contribution in [3.8, 4) is 40.5 Å². The van der Waals surface area contributed by atoms with Crippen LogP contribution in [0.5, 0.6) is 23.3 Å². The molecule has 3 aliphatic heterocycles. The molecule has 0 spiro atoms. The highest BCUT2D eigenvalue weighted by Crippen LogP contribution is 2.47. The highest BCUT2D eigenvalue weighted by molar-refractivity contribution is 6.32. The van der Waals surface area contributed by atoms with Gasteiger partial charge in [-0.2, -0.15) is 15.2 Å². The predicted octanol–water partition coefficient (Wildman–Crippen LogP) is 9.29. The van der Waals surface area contributed by atoms with Crippen molar-refractivity contribution in [1.29, 1.82) is 5.26 Å². The fourth-order valence-electron chi connectivity index (χ4n) is 8.68. The number of hydrogen-bond donors (Lipinski definition) is 1. The molecule has 58 heavy (non-hydrogen) atoms. The van der Waals surface area contributed by atoms with Crippen LogP contribution in [0.15, 0.2) is 91.0 Å². The molecular weight excluding hydrogens is 759 g/mol. The maximum absolute atomic E-state index is 18.1. The molecule has 3 saturated heterocycles. The number of ether oxygens (including phenoxy) is 3. The van der Waals surface area contributed by atoms with E-state index < -0.39 is 11.9 Å². The standard InChI is InChI=1S/C45H40ClFN6O5/c1-51-18-8-13-32(51)26-57-44-49-41-36(43(50-44)52-23-30-16-17-31(24-52)53(30)45(54)55)21-38(58-42-29(22-48)12-7-15-37(42)46)39(40(41)47)35-20-33(19-28-11-5-6-14-34(28)35)56-25-27-9-3-2-4-10-27/h2-7,9-12,14-15,19-21,30-32H,8,13,16-18,23-26H2,1H3,(H,54,55)/t30-,31+,32-/m0/s1. The van der Waals surface area contributed by atoms with E-state index in [0.717, 1.165) is 35.7 Å². The molecule has 13 heteroatoms. The van der Waals surface area contributed by atoms with Crippen molar-refractivity contribution in [1.82, 2.24) is 19.8 Å². The van der Waals surface area contributed by atoms with Gasteiger partial charge in [0, 0.05) is 24.5 Å². The first kappa shape index (κ1) is 37.4. The molecule has 4 heterocycles. The number of benzene rings is 5. The van der Waals surface area contributed by atoms with E-state index >= 15 is 4.39 Å². The third-order valence-electron chi connectivity index (χ3n) is 11.6. The van der Waals surface area contributed by atoms with Crippen molar-refractivity contribution in [2.24, 2.45) is 0 Å². The average molecular weight is 799 g/mol. The van der Waals surface area contributed by atoms with Gasteiger partial charge in [0.2, 0.25) is 0 Å². The van der Waals surface area contributed by atoms with Crippen LogP contribution in [0.1, 0.15) is 36.8 Å². The quantitative estimate of drug-likeness (QED) is 0.143. The summed E-state index contributed by atoms with van der Waals surface area (Å²) in [6.07, 6.45) is 2.47. The Bertz CT molecular complexity index is 2570.